The Morgan fingerprint density at radius 1 is 1.00 bits per heavy atom. The van der Waals surface area contributed by atoms with Crippen molar-refractivity contribution >= 4 is 5.97 Å². The van der Waals surface area contributed by atoms with Gasteiger partial charge in [-0.15, -0.1) is 0 Å². The zero-order valence-corrected chi connectivity index (χ0v) is 11.8. The van der Waals surface area contributed by atoms with E-state index in [4.69, 9.17) is 9.47 Å². The first-order valence-electron chi connectivity index (χ1n) is 7.60. The van der Waals surface area contributed by atoms with Gasteiger partial charge in [0.15, 0.2) is 0 Å². The van der Waals surface area contributed by atoms with Crippen LogP contribution in [0.2, 0.25) is 0 Å². The van der Waals surface area contributed by atoms with Crippen LogP contribution in [-0.4, -0.2) is 25.3 Å². The largest absolute Gasteiger partial charge is 0.458 e. The molecule has 0 aromatic rings. The zero-order valence-electron chi connectivity index (χ0n) is 11.8. The van der Waals surface area contributed by atoms with Crippen molar-refractivity contribution in [3.63, 3.8) is 0 Å². The van der Waals surface area contributed by atoms with Crippen molar-refractivity contribution < 1.29 is 14.3 Å². The monoisotopic (exact) mass is 256 g/mol. The van der Waals surface area contributed by atoms with E-state index in [1.165, 1.54) is 51.4 Å². The second-order valence-corrected chi connectivity index (χ2v) is 5.24. The molecule has 1 saturated heterocycles. The molecule has 1 aliphatic heterocycles. The minimum absolute atomic E-state index is 0.0100. The molecule has 106 valence electrons. The predicted octanol–water partition coefficient (Wildman–Crippen LogP) is 3.85. The van der Waals surface area contributed by atoms with E-state index in [2.05, 4.69) is 6.92 Å². The quantitative estimate of drug-likeness (QED) is 0.440. The van der Waals surface area contributed by atoms with Crippen LogP contribution in [0.4, 0.5) is 0 Å². The molecule has 1 rings (SSSR count). The van der Waals surface area contributed by atoms with Gasteiger partial charge in [-0.25, -0.2) is 4.79 Å². The molecule has 1 unspecified atom stereocenters. The molecule has 0 saturated carbocycles. The third-order valence-electron chi connectivity index (χ3n) is 3.45. The highest BCUT2D eigenvalue weighted by Crippen LogP contribution is 2.14. The second kappa shape index (κ2) is 10.4. The molecule has 1 heterocycles. The van der Waals surface area contributed by atoms with Crippen molar-refractivity contribution in [3.05, 3.63) is 0 Å². The second-order valence-electron chi connectivity index (χ2n) is 5.24. The van der Waals surface area contributed by atoms with Gasteiger partial charge in [-0.05, 0) is 12.8 Å². The van der Waals surface area contributed by atoms with E-state index in [1.807, 2.05) is 0 Å². The number of ether oxygens (including phenoxy) is 2. The van der Waals surface area contributed by atoms with Gasteiger partial charge < -0.3 is 9.47 Å². The molecule has 0 aromatic heterocycles. The summed E-state index contributed by atoms with van der Waals surface area (Å²) in [4.78, 5) is 11.0. The number of carbonyl (C=O) groups is 1. The summed E-state index contributed by atoms with van der Waals surface area (Å²) in [5, 5.41) is 0. The Morgan fingerprint density at radius 2 is 1.61 bits per heavy atom. The number of rotatable bonds is 10. The Balaban J connectivity index is 1.82. The molecule has 1 atom stereocenters. The van der Waals surface area contributed by atoms with E-state index in [-0.39, 0.29) is 18.7 Å². The molecule has 1 aliphatic rings. The van der Waals surface area contributed by atoms with E-state index in [0.29, 0.717) is 6.61 Å². The molecule has 0 bridgehead atoms. The molecule has 0 N–H and O–H groups in total. The lowest BCUT2D eigenvalue weighted by atomic mass is 10.1. The van der Waals surface area contributed by atoms with Gasteiger partial charge in [-0.3, -0.25) is 0 Å². The maximum atomic E-state index is 11.0. The van der Waals surface area contributed by atoms with Gasteiger partial charge in [0.05, 0.1) is 6.61 Å². The average Bonchev–Trinajstić information content (AvgIpc) is 2.37. The zero-order chi connectivity index (χ0) is 13.1. The van der Waals surface area contributed by atoms with Gasteiger partial charge in [0, 0.05) is 0 Å². The number of carbonyl (C=O) groups excluding carboxylic acids is 1. The van der Waals surface area contributed by atoms with Crippen molar-refractivity contribution in [3.8, 4) is 0 Å². The van der Waals surface area contributed by atoms with Gasteiger partial charge in [0.1, 0.15) is 12.7 Å². The summed E-state index contributed by atoms with van der Waals surface area (Å²) in [5.74, 6) is -0.206. The van der Waals surface area contributed by atoms with Crippen LogP contribution in [0.25, 0.3) is 0 Å². The predicted molar refractivity (Wildman–Crippen MR) is 72.5 cm³/mol. The van der Waals surface area contributed by atoms with E-state index in [0.717, 1.165) is 12.8 Å². The van der Waals surface area contributed by atoms with Crippen LogP contribution < -0.4 is 0 Å². The lowest BCUT2D eigenvalue weighted by Gasteiger charge is -2.22. The lowest BCUT2D eigenvalue weighted by Crippen LogP contribution is -2.32. The Bertz CT molecular complexity index is 216. The normalized spacial score (nSPS) is 19.8. The topological polar surface area (TPSA) is 35.5 Å². The minimum atomic E-state index is -0.206. The number of esters is 1. The highest BCUT2D eigenvalue weighted by atomic mass is 16.6. The Morgan fingerprint density at radius 3 is 2.22 bits per heavy atom. The molecule has 3 nitrogen and oxygen atoms in total. The van der Waals surface area contributed by atoms with Gasteiger partial charge in [0.25, 0.3) is 0 Å². The maximum Gasteiger partial charge on any atom is 0.332 e. The van der Waals surface area contributed by atoms with Crippen LogP contribution in [0, 0.1) is 0 Å². The molecular formula is C15H28O3. The molecule has 3 heteroatoms. The Kier molecular flexibility index (Phi) is 8.92. The van der Waals surface area contributed by atoms with Crippen molar-refractivity contribution in [1.82, 2.24) is 0 Å². The summed E-state index contributed by atoms with van der Waals surface area (Å²) in [6.07, 6.45) is 12.9. The Hall–Kier alpha value is -0.570. The molecule has 1 fully saturated rings. The van der Waals surface area contributed by atoms with Crippen molar-refractivity contribution in [2.45, 2.75) is 77.2 Å². The summed E-state index contributed by atoms with van der Waals surface area (Å²) in [7, 11) is 0. The number of unbranched alkanes of at least 4 members (excludes halogenated alkanes) is 8. The highest BCUT2D eigenvalue weighted by molar-refractivity contribution is 5.71. The molecule has 0 aromatic carbocycles. The molecule has 0 radical (unpaired) electrons. The first kappa shape index (κ1) is 15.5. The summed E-state index contributed by atoms with van der Waals surface area (Å²) >= 11 is 0. The molecule has 0 amide bonds. The summed E-state index contributed by atoms with van der Waals surface area (Å²) < 4.78 is 10.3. The van der Waals surface area contributed by atoms with Crippen LogP contribution in [-0.2, 0) is 14.3 Å². The van der Waals surface area contributed by atoms with Crippen LogP contribution in [0.15, 0.2) is 0 Å². The lowest BCUT2D eigenvalue weighted by molar-refractivity contribution is -0.170. The minimum Gasteiger partial charge on any atom is -0.458 e. The highest BCUT2D eigenvalue weighted by Gasteiger charge is 2.19. The fraction of sp³-hybridized carbons (Fsp3) is 0.933. The van der Waals surface area contributed by atoms with Crippen LogP contribution >= 0.6 is 0 Å². The third-order valence-corrected chi connectivity index (χ3v) is 3.45. The fourth-order valence-corrected chi connectivity index (χ4v) is 2.35. The van der Waals surface area contributed by atoms with Crippen LogP contribution in [0.1, 0.15) is 71.1 Å². The van der Waals surface area contributed by atoms with Gasteiger partial charge in [-0.2, -0.15) is 0 Å². The third kappa shape index (κ3) is 7.70. The summed E-state index contributed by atoms with van der Waals surface area (Å²) in [6, 6.07) is 0. The molecular weight excluding hydrogens is 228 g/mol. The number of cyclic esters (lactones) is 1. The first-order valence-corrected chi connectivity index (χ1v) is 7.60. The standard InChI is InChI=1S/C15H28O3/c1-2-3-4-5-6-7-8-9-10-11-14-12-17-13-15(16)18-14/h14H,2-13H2,1H3. The van der Waals surface area contributed by atoms with Gasteiger partial charge >= 0.3 is 5.97 Å². The van der Waals surface area contributed by atoms with Crippen LogP contribution in [0.5, 0.6) is 0 Å². The van der Waals surface area contributed by atoms with Gasteiger partial charge in [0.2, 0.25) is 0 Å². The smallest absolute Gasteiger partial charge is 0.332 e. The van der Waals surface area contributed by atoms with E-state index in [9.17, 15) is 4.79 Å². The summed E-state index contributed by atoms with van der Waals surface area (Å²) in [5.41, 5.74) is 0. The average molecular weight is 256 g/mol. The SMILES string of the molecule is CCCCCCCCCCCC1COCC(=O)O1. The summed E-state index contributed by atoms with van der Waals surface area (Å²) in [6.45, 7) is 2.97. The van der Waals surface area contributed by atoms with E-state index >= 15 is 0 Å². The number of hydrogen-bond acceptors (Lipinski definition) is 3. The molecule has 0 spiro atoms. The van der Waals surface area contributed by atoms with E-state index < -0.39 is 0 Å². The van der Waals surface area contributed by atoms with E-state index in [1.54, 1.807) is 0 Å². The van der Waals surface area contributed by atoms with Crippen molar-refractivity contribution in [2.24, 2.45) is 0 Å². The van der Waals surface area contributed by atoms with Crippen molar-refractivity contribution in [1.29, 1.82) is 0 Å². The fourth-order valence-electron chi connectivity index (χ4n) is 2.35. The Labute approximate surface area is 111 Å². The van der Waals surface area contributed by atoms with Gasteiger partial charge in [-0.1, -0.05) is 58.3 Å². The molecule has 18 heavy (non-hydrogen) atoms. The van der Waals surface area contributed by atoms with Crippen molar-refractivity contribution in [2.75, 3.05) is 13.2 Å². The molecule has 0 aliphatic carbocycles. The van der Waals surface area contributed by atoms with Crippen LogP contribution in [0.3, 0.4) is 0 Å². The number of hydrogen-bond donors (Lipinski definition) is 0. The first-order chi connectivity index (χ1) is 8.83. The maximum absolute atomic E-state index is 11.0.